The molecule has 0 aromatic rings. The number of ether oxygens (including phenoxy) is 1. The summed E-state index contributed by atoms with van der Waals surface area (Å²) in [6.07, 6.45) is 6.94. The summed E-state index contributed by atoms with van der Waals surface area (Å²) in [7, 11) is 1.63. The Morgan fingerprint density at radius 3 is 2.70 bits per heavy atom. The van der Waals surface area contributed by atoms with Gasteiger partial charge in [0.25, 0.3) is 0 Å². The summed E-state index contributed by atoms with van der Waals surface area (Å²) in [5, 5.41) is 0. The smallest absolute Gasteiger partial charge is 0.117 e. The molecule has 0 amide bonds. The standard InChI is InChI=1S/C9H14O/c1-5-9(10-4)7-6-8(2)3/h1,9H,2,6-7H2,3-4H3. The molecule has 0 radical (unpaired) electrons. The minimum absolute atomic E-state index is 0.0447. The fraction of sp³-hybridized carbons (Fsp3) is 0.556. The first-order valence-electron chi connectivity index (χ1n) is 3.34. The molecule has 0 aliphatic rings. The third-order valence-electron chi connectivity index (χ3n) is 1.30. The summed E-state index contributed by atoms with van der Waals surface area (Å²) in [6, 6.07) is 0. The molecule has 10 heavy (non-hydrogen) atoms. The minimum atomic E-state index is -0.0447. The van der Waals surface area contributed by atoms with Crippen molar-refractivity contribution in [3.8, 4) is 12.3 Å². The van der Waals surface area contributed by atoms with Gasteiger partial charge in [0.2, 0.25) is 0 Å². The molecule has 1 atom stereocenters. The summed E-state index contributed by atoms with van der Waals surface area (Å²) in [6.45, 7) is 5.76. The zero-order valence-electron chi connectivity index (χ0n) is 6.68. The molecule has 0 rings (SSSR count). The lowest BCUT2D eigenvalue weighted by molar-refractivity contribution is 0.141. The molecule has 0 saturated carbocycles. The molecule has 1 unspecified atom stereocenters. The quantitative estimate of drug-likeness (QED) is 0.426. The van der Waals surface area contributed by atoms with Gasteiger partial charge >= 0.3 is 0 Å². The molecule has 0 spiro atoms. The van der Waals surface area contributed by atoms with E-state index in [2.05, 4.69) is 12.5 Å². The number of methoxy groups -OCH3 is 1. The van der Waals surface area contributed by atoms with Crippen molar-refractivity contribution >= 4 is 0 Å². The molecule has 56 valence electrons. The van der Waals surface area contributed by atoms with E-state index in [0.29, 0.717) is 0 Å². The summed E-state index contributed by atoms with van der Waals surface area (Å²) in [5.41, 5.74) is 1.15. The minimum Gasteiger partial charge on any atom is -0.369 e. The van der Waals surface area contributed by atoms with Crippen LogP contribution in [-0.2, 0) is 4.74 Å². The van der Waals surface area contributed by atoms with Gasteiger partial charge in [-0.25, -0.2) is 0 Å². The maximum absolute atomic E-state index is 5.16. The number of hydrogen-bond donors (Lipinski definition) is 0. The van der Waals surface area contributed by atoms with Crippen LogP contribution in [0.1, 0.15) is 19.8 Å². The van der Waals surface area contributed by atoms with Crippen molar-refractivity contribution in [1.29, 1.82) is 0 Å². The van der Waals surface area contributed by atoms with Gasteiger partial charge in [-0.15, -0.1) is 13.0 Å². The van der Waals surface area contributed by atoms with E-state index >= 15 is 0 Å². The lowest BCUT2D eigenvalue weighted by Gasteiger charge is -2.06. The Kier molecular flexibility index (Phi) is 4.70. The summed E-state index contributed by atoms with van der Waals surface area (Å²) >= 11 is 0. The van der Waals surface area contributed by atoms with Crippen molar-refractivity contribution in [3.05, 3.63) is 12.2 Å². The average molecular weight is 138 g/mol. The van der Waals surface area contributed by atoms with Crippen LogP contribution < -0.4 is 0 Å². The molecule has 0 aliphatic heterocycles. The Balaban J connectivity index is 3.47. The number of rotatable bonds is 4. The Labute approximate surface area is 63.1 Å². The van der Waals surface area contributed by atoms with Crippen LogP contribution in [0.15, 0.2) is 12.2 Å². The van der Waals surface area contributed by atoms with E-state index in [0.717, 1.165) is 18.4 Å². The van der Waals surface area contributed by atoms with Crippen molar-refractivity contribution in [1.82, 2.24) is 0 Å². The van der Waals surface area contributed by atoms with Gasteiger partial charge in [0, 0.05) is 7.11 Å². The Morgan fingerprint density at radius 1 is 1.80 bits per heavy atom. The van der Waals surface area contributed by atoms with Crippen LogP contribution in [0.4, 0.5) is 0 Å². The first-order valence-corrected chi connectivity index (χ1v) is 3.34. The van der Waals surface area contributed by atoms with Gasteiger partial charge in [-0.05, 0) is 19.8 Å². The third kappa shape index (κ3) is 4.17. The molecule has 1 heteroatoms. The highest BCUT2D eigenvalue weighted by atomic mass is 16.5. The van der Waals surface area contributed by atoms with Crippen molar-refractivity contribution in [2.24, 2.45) is 0 Å². The maximum atomic E-state index is 5.16. The third-order valence-corrected chi connectivity index (χ3v) is 1.30. The Hall–Kier alpha value is -0.740. The maximum Gasteiger partial charge on any atom is 0.117 e. The average Bonchev–Trinajstić information content (AvgIpc) is 1.90. The van der Waals surface area contributed by atoms with Gasteiger partial charge < -0.3 is 4.74 Å². The van der Waals surface area contributed by atoms with E-state index in [-0.39, 0.29) is 6.10 Å². The molecule has 0 heterocycles. The van der Waals surface area contributed by atoms with Crippen LogP contribution in [0.3, 0.4) is 0 Å². The second-order valence-corrected chi connectivity index (χ2v) is 2.39. The Bertz CT molecular complexity index is 141. The Morgan fingerprint density at radius 2 is 2.40 bits per heavy atom. The second-order valence-electron chi connectivity index (χ2n) is 2.39. The summed E-state index contributed by atoms with van der Waals surface area (Å²) < 4.78 is 4.97. The number of allylic oxidation sites excluding steroid dienone is 1. The summed E-state index contributed by atoms with van der Waals surface area (Å²) in [5.74, 6) is 2.54. The van der Waals surface area contributed by atoms with Crippen LogP contribution in [-0.4, -0.2) is 13.2 Å². The largest absolute Gasteiger partial charge is 0.369 e. The lowest BCUT2D eigenvalue weighted by atomic mass is 10.1. The predicted molar refractivity (Wildman–Crippen MR) is 43.7 cm³/mol. The van der Waals surface area contributed by atoms with Crippen molar-refractivity contribution in [2.75, 3.05) is 7.11 Å². The highest BCUT2D eigenvalue weighted by Gasteiger charge is 2.00. The van der Waals surface area contributed by atoms with E-state index in [1.54, 1.807) is 7.11 Å². The number of terminal acetylenes is 1. The van der Waals surface area contributed by atoms with Gasteiger partial charge in [-0.1, -0.05) is 11.5 Å². The van der Waals surface area contributed by atoms with E-state index in [1.165, 1.54) is 0 Å². The van der Waals surface area contributed by atoms with Gasteiger partial charge in [0.15, 0.2) is 0 Å². The van der Waals surface area contributed by atoms with Crippen molar-refractivity contribution in [2.45, 2.75) is 25.9 Å². The molecule has 0 bridgehead atoms. The van der Waals surface area contributed by atoms with E-state index < -0.39 is 0 Å². The zero-order valence-corrected chi connectivity index (χ0v) is 6.68. The zero-order chi connectivity index (χ0) is 7.98. The monoisotopic (exact) mass is 138 g/mol. The SMILES string of the molecule is C#CC(CCC(=C)C)OC. The molecule has 0 aliphatic carbocycles. The molecule has 0 saturated heterocycles. The highest BCUT2D eigenvalue weighted by Crippen LogP contribution is 2.05. The van der Waals surface area contributed by atoms with Crippen LogP contribution >= 0.6 is 0 Å². The van der Waals surface area contributed by atoms with Crippen LogP contribution in [0.5, 0.6) is 0 Å². The van der Waals surface area contributed by atoms with Gasteiger partial charge in [-0.2, -0.15) is 0 Å². The van der Waals surface area contributed by atoms with E-state index in [9.17, 15) is 0 Å². The first kappa shape index (κ1) is 9.26. The summed E-state index contributed by atoms with van der Waals surface area (Å²) in [4.78, 5) is 0. The molecule has 0 N–H and O–H groups in total. The fourth-order valence-electron chi connectivity index (χ4n) is 0.647. The molecular formula is C9H14O. The predicted octanol–water partition coefficient (Wildman–Crippen LogP) is 1.99. The van der Waals surface area contributed by atoms with Crippen LogP contribution in [0.2, 0.25) is 0 Å². The molecule has 0 aromatic carbocycles. The van der Waals surface area contributed by atoms with E-state index in [1.807, 2.05) is 6.92 Å². The van der Waals surface area contributed by atoms with Gasteiger partial charge in [-0.3, -0.25) is 0 Å². The molecular weight excluding hydrogens is 124 g/mol. The second kappa shape index (κ2) is 5.08. The van der Waals surface area contributed by atoms with Gasteiger partial charge in [0.1, 0.15) is 6.10 Å². The first-order chi connectivity index (χ1) is 4.70. The topological polar surface area (TPSA) is 9.23 Å². The van der Waals surface area contributed by atoms with Gasteiger partial charge in [0.05, 0.1) is 0 Å². The van der Waals surface area contributed by atoms with Crippen LogP contribution in [0, 0.1) is 12.3 Å². The normalized spacial score (nSPS) is 12.1. The van der Waals surface area contributed by atoms with Crippen LogP contribution in [0.25, 0.3) is 0 Å². The van der Waals surface area contributed by atoms with E-state index in [4.69, 9.17) is 11.2 Å². The number of hydrogen-bond acceptors (Lipinski definition) is 1. The molecule has 0 aromatic heterocycles. The van der Waals surface area contributed by atoms with Crippen molar-refractivity contribution in [3.63, 3.8) is 0 Å². The van der Waals surface area contributed by atoms with Crippen molar-refractivity contribution < 1.29 is 4.74 Å². The molecule has 1 nitrogen and oxygen atoms in total. The fourth-order valence-corrected chi connectivity index (χ4v) is 0.647. The molecule has 0 fully saturated rings. The lowest BCUT2D eigenvalue weighted by Crippen LogP contribution is -2.06. The highest BCUT2D eigenvalue weighted by molar-refractivity contribution is 4.98.